The van der Waals surface area contributed by atoms with Crippen LogP contribution in [-0.2, 0) is 15.7 Å². The molecule has 0 bridgehead atoms. The molecule has 1 N–H and O–H groups in total. The first-order valence-electron chi connectivity index (χ1n) is 11.5. The molecule has 2 amide bonds. The van der Waals surface area contributed by atoms with E-state index in [-0.39, 0.29) is 36.7 Å². The summed E-state index contributed by atoms with van der Waals surface area (Å²) in [6.45, 7) is 5.94. The third-order valence-electron chi connectivity index (χ3n) is 6.76. The first kappa shape index (κ1) is 24.5. The summed E-state index contributed by atoms with van der Waals surface area (Å²) >= 11 is 0. The molecule has 0 radical (unpaired) electrons. The number of rotatable bonds is 3. The van der Waals surface area contributed by atoms with E-state index < -0.39 is 41.6 Å². The predicted molar refractivity (Wildman–Crippen MR) is 116 cm³/mol. The Hall–Kier alpha value is -2.59. The molecule has 1 aliphatic carbocycles. The number of hydrogen-bond donors (Lipinski definition) is 1. The van der Waals surface area contributed by atoms with Crippen molar-refractivity contribution in [3.63, 3.8) is 0 Å². The van der Waals surface area contributed by atoms with Crippen LogP contribution in [0, 0.1) is 11.8 Å². The Labute approximate surface area is 195 Å². The highest BCUT2D eigenvalue weighted by Gasteiger charge is 2.47. The standard InChI is InChI=1S/C23H30F4N4O3/c1-22(2,3)34-21(33)31-11-15(24)9-18(31)20(32)29-17-5-4-13-10-30(12-16(13)17)19-8-14(6-7-28-19)23(25,26)27/h6-8,13,15-18H,4-5,9-12H2,1-3H3,(H,29,32)/t13-,15?,16+,17+,18?/m1/s1. The van der Waals surface area contributed by atoms with E-state index in [1.54, 1.807) is 20.8 Å². The van der Waals surface area contributed by atoms with Crippen LogP contribution >= 0.6 is 0 Å². The number of aromatic nitrogens is 1. The van der Waals surface area contributed by atoms with Gasteiger partial charge in [-0.1, -0.05) is 0 Å². The van der Waals surface area contributed by atoms with E-state index in [4.69, 9.17) is 4.74 Å². The van der Waals surface area contributed by atoms with Crippen LogP contribution in [0.4, 0.5) is 28.2 Å². The lowest BCUT2D eigenvalue weighted by Gasteiger charge is -2.29. The van der Waals surface area contributed by atoms with Crippen LogP contribution in [-0.4, -0.2) is 65.4 Å². The number of fused-ring (bicyclic) bond motifs is 1. The van der Waals surface area contributed by atoms with Gasteiger partial charge in [0.05, 0.1) is 12.1 Å². The number of nitrogens with zero attached hydrogens (tertiary/aromatic N) is 3. The molecule has 1 aromatic rings. The van der Waals surface area contributed by atoms with Gasteiger partial charge in [0.1, 0.15) is 23.6 Å². The highest BCUT2D eigenvalue weighted by molar-refractivity contribution is 5.86. The van der Waals surface area contributed by atoms with E-state index in [0.717, 1.165) is 36.1 Å². The van der Waals surface area contributed by atoms with Gasteiger partial charge >= 0.3 is 12.3 Å². The second-order valence-corrected chi connectivity index (χ2v) is 10.4. The summed E-state index contributed by atoms with van der Waals surface area (Å²) in [5.41, 5.74) is -1.51. The van der Waals surface area contributed by atoms with Gasteiger partial charge in [-0.3, -0.25) is 9.69 Å². The van der Waals surface area contributed by atoms with Crippen LogP contribution in [0.1, 0.15) is 45.6 Å². The molecule has 2 unspecified atom stereocenters. The smallest absolute Gasteiger partial charge is 0.416 e. The molecule has 7 nitrogen and oxygen atoms in total. The number of ether oxygens (including phenoxy) is 1. The third kappa shape index (κ3) is 5.22. The van der Waals surface area contributed by atoms with Crippen molar-refractivity contribution >= 4 is 17.8 Å². The molecule has 1 saturated carbocycles. The van der Waals surface area contributed by atoms with Gasteiger partial charge in [-0.15, -0.1) is 0 Å². The summed E-state index contributed by atoms with van der Waals surface area (Å²) in [5.74, 6) is 0.0905. The zero-order valence-electron chi connectivity index (χ0n) is 19.4. The lowest BCUT2D eigenvalue weighted by Crippen LogP contribution is -2.51. The Bertz CT molecular complexity index is 936. The Morgan fingerprint density at radius 3 is 2.56 bits per heavy atom. The lowest BCUT2D eigenvalue weighted by atomic mass is 9.97. The summed E-state index contributed by atoms with van der Waals surface area (Å²) in [6, 6.07) is 0.839. The van der Waals surface area contributed by atoms with Gasteiger partial charge in [0.25, 0.3) is 0 Å². The number of anilines is 1. The first-order chi connectivity index (χ1) is 15.8. The van der Waals surface area contributed by atoms with Crippen LogP contribution in [0.2, 0.25) is 0 Å². The number of carbonyl (C=O) groups is 2. The van der Waals surface area contributed by atoms with Crippen molar-refractivity contribution < 1.29 is 31.9 Å². The van der Waals surface area contributed by atoms with E-state index in [9.17, 15) is 27.2 Å². The number of likely N-dealkylation sites (tertiary alicyclic amines) is 1. The molecule has 3 aliphatic rings. The number of carbonyl (C=O) groups excluding carboxylic acids is 2. The Balaban J connectivity index is 1.41. The van der Waals surface area contributed by atoms with Gasteiger partial charge in [0, 0.05) is 37.7 Å². The minimum atomic E-state index is -4.45. The minimum Gasteiger partial charge on any atom is -0.444 e. The Morgan fingerprint density at radius 2 is 1.88 bits per heavy atom. The van der Waals surface area contributed by atoms with Crippen molar-refractivity contribution in [3.8, 4) is 0 Å². The minimum absolute atomic E-state index is 0.0397. The fourth-order valence-corrected chi connectivity index (χ4v) is 5.23. The van der Waals surface area contributed by atoms with Crippen molar-refractivity contribution in [2.75, 3.05) is 24.5 Å². The number of amides is 2. The summed E-state index contributed by atoms with van der Waals surface area (Å²) in [6.07, 6.45) is -3.87. The van der Waals surface area contributed by atoms with E-state index in [1.165, 1.54) is 0 Å². The van der Waals surface area contributed by atoms with Gasteiger partial charge in [-0.05, 0) is 51.7 Å². The third-order valence-corrected chi connectivity index (χ3v) is 6.76. The van der Waals surface area contributed by atoms with E-state index >= 15 is 0 Å². The number of hydrogen-bond acceptors (Lipinski definition) is 5. The second kappa shape index (κ2) is 8.88. The van der Waals surface area contributed by atoms with Gasteiger partial charge in [0.2, 0.25) is 5.91 Å². The average molecular weight is 487 g/mol. The molecular formula is C23H30F4N4O3. The van der Waals surface area contributed by atoms with Crippen molar-refractivity contribution in [1.82, 2.24) is 15.2 Å². The molecular weight excluding hydrogens is 456 g/mol. The summed E-state index contributed by atoms with van der Waals surface area (Å²) in [7, 11) is 0. The number of halogens is 4. The highest BCUT2D eigenvalue weighted by Crippen LogP contribution is 2.40. The first-order valence-corrected chi connectivity index (χ1v) is 11.5. The largest absolute Gasteiger partial charge is 0.444 e. The second-order valence-electron chi connectivity index (χ2n) is 10.4. The summed E-state index contributed by atoms with van der Waals surface area (Å²) in [5, 5.41) is 2.99. The molecule has 2 saturated heterocycles. The predicted octanol–water partition coefficient (Wildman–Crippen LogP) is 3.78. The number of nitrogens with one attached hydrogen (secondary N) is 1. The normalized spacial score (nSPS) is 29.3. The monoisotopic (exact) mass is 486 g/mol. The molecule has 3 fully saturated rings. The van der Waals surface area contributed by atoms with Crippen molar-refractivity contribution in [1.29, 1.82) is 0 Å². The number of alkyl halides is 4. The average Bonchev–Trinajstić information content (AvgIpc) is 3.41. The quantitative estimate of drug-likeness (QED) is 0.659. The molecule has 188 valence electrons. The van der Waals surface area contributed by atoms with Crippen LogP contribution in [0.3, 0.4) is 0 Å². The lowest BCUT2D eigenvalue weighted by molar-refractivity contribution is -0.137. The molecule has 4 rings (SSSR count). The molecule has 34 heavy (non-hydrogen) atoms. The maximum atomic E-state index is 14.1. The molecule has 2 aliphatic heterocycles. The summed E-state index contributed by atoms with van der Waals surface area (Å²) in [4.78, 5) is 32.6. The molecule has 0 aromatic carbocycles. The zero-order valence-corrected chi connectivity index (χ0v) is 19.4. The topological polar surface area (TPSA) is 74.8 Å². The number of pyridine rings is 1. The highest BCUT2D eigenvalue weighted by atomic mass is 19.4. The maximum absolute atomic E-state index is 14.1. The van der Waals surface area contributed by atoms with Crippen LogP contribution in [0.5, 0.6) is 0 Å². The molecule has 11 heteroatoms. The molecule has 3 heterocycles. The van der Waals surface area contributed by atoms with Gasteiger partial charge in [-0.2, -0.15) is 13.2 Å². The summed E-state index contributed by atoms with van der Waals surface area (Å²) < 4.78 is 58.7. The van der Waals surface area contributed by atoms with E-state index in [2.05, 4.69) is 10.3 Å². The van der Waals surface area contributed by atoms with Gasteiger partial charge in [-0.25, -0.2) is 14.2 Å². The van der Waals surface area contributed by atoms with Gasteiger partial charge < -0.3 is 15.0 Å². The zero-order chi connectivity index (χ0) is 24.8. The van der Waals surface area contributed by atoms with Crippen LogP contribution < -0.4 is 10.2 Å². The van der Waals surface area contributed by atoms with Crippen molar-refractivity contribution in [2.24, 2.45) is 11.8 Å². The molecule has 0 spiro atoms. The van der Waals surface area contributed by atoms with Crippen LogP contribution in [0.25, 0.3) is 0 Å². The Morgan fingerprint density at radius 1 is 1.15 bits per heavy atom. The van der Waals surface area contributed by atoms with Crippen molar-refractivity contribution in [3.05, 3.63) is 23.9 Å². The SMILES string of the molecule is CC(C)(C)OC(=O)N1CC(F)CC1C(=O)N[C@H]1CC[C@@H]2CN(c3cc(C(F)(F)F)ccn3)C[C@@H]21. The Kier molecular flexibility index (Phi) is 6.41. The van der Waals surface area contributed by atoms with Gasteiger partial charge in [0.15, 0.2) is 0 Å². The van der Waals surface area contributed by atoms with Crippen molar-refractivity contribution in [2.45, 2.75) is 70.1 Å². The van der Waals surface area contributed by atoms with Crippen LogP contribution in [0.15, 0.2) is 18.3 Å². The molecule has 1 aromatic heterocycles. The maximum Gasteiger partial charge on any atom is 0.416 e. The fourth-order valence-electron chi connectivity index (χ4n) is 5.23. The fraction of sp³-hybridized carbons (Fsp3) is 0.696. The van der Waals surface area contributed by atoms with E-state index in [0.29, 0.717) is 13.1 Å². The van der Waals surface area contributed by atoms with E-state index in [1.807, 2.05) is 4.90 Å². The molecule has 5 atom stereocenters.